The maximum Gasteiger partial charge on any atom is 0.327 e. The van der Waals surface area contributed by atoms with E-state index in [-0.39, 0.29) is 6.61 Å². The lowest BCUT2D eigenvalue weighted by Gasteiger charge is -2.24. The van der Waals surface area contributed by atoms with Gasteiger partial charge in [-0.05, 0) is 0 Å². The highest BCUT2D eigenvalue weighted by molar-refractivity contribution is 5.80. The summed E-state index contributed by atoms with van der Waals surface area (Å²) >= 11 is 0. The lowest BCUT2D eigenvalue weighted by atomic mass is 9.93. The molecule has 0 radical (unpaired) electrons. The monoisotopic (exact) mass is 648 g/mol. The molecular formula is C25H44O19. The molecule has 0 saturated heterocycles. The summed E-state index contributed by atoms with van der Waals surface area (Å²) in [6.45, 7) is 11.6. The minimum absolute atomic E-state index is 0.281. The maximum atomic E-state index is 9.25. The van der Waals surface area contributed by atoms with Crippen molar-refractivity contribution in [2.75, 3.05) is 52.9 Å². The minimum Gasteiger partial charge on any atom is -0.478 e. The Morgan fingerprint density at radius 1 is 0.432 bits per heavy atom. The SMILES string of the molecule is C=CC(=O)O.C=CC(=O)O.C=CC(=O)O.C=CC(=O)O.C=CC(=O)O.OCC(CO)(CO)CO.OCC(CO)(CO)COO. The molecule has 19 heteroatoms. The van der Waals surface area contributed by atoms with E-state index in [1.54, 1.807) is 0 Å². The second-order valence-corrected chi connectivity index (χ2v) is 7.09. The van der Waals surface area contributed by atoms with Crippen LogP contribution in [0.15, 0.2) is 63.3 Å². The van der Waals surface area contributed by atoms with Gasteiger partial charge in [-0.2, -0.15) is 0 Å². The van der Waals surface area contributed by atoms with Gasteiger partial charge in [-0.3, -0.25) is 5.26 Å². The predicted octanol–water partition coefficient (Wildman–Crippen LogP) is -2.33. The second kappa shape index (κ2) is 40.8. The van der Waals surface area contributed by atoms with E-state index in [2.05, 4.69) is 37.8 Å². The van der Waals surface area contributed by atoms with Crippen LogP contribution in [0, 0.1) is 10.8 Å². The van der Waals surface area contributed by atoms with Gasteiger partial charge in [-0.1, -0.05) is 32.9 Å². The summed E-state index contributed by atoms with van der Waals surface area (Å²) in [6.07, 6.45) is 4.17. The van der Waals surface area contributed by atoms with Gasteiger partial charge in [0.15, 0.2) is 0 Å². The van der Waals surface area contributed by atoms with Crippen molar-refractivity contribution in [3.05, 3.63) is 63.3 Å². The summed E-state index contributed by atoms with van der Waals surface area (Å²) < 4.78 is 0. The topological polar surface area (TPSA) is 358 Å². The average molecular weight is 649 g/mol. The Balaban J connectivity index is -0.0000000745. The first-order valence-electron chi connectivity index (χ1n) is 11.1. The molecule has 0 aliphatic carbocycles. The summed E-state index contributed by atoms with van der Waals surface area (Å²) in [5.41, 5.74) is -2.24. The van der Waals surface area contributed by atoms with Gasteiger partial charge in [0.25, 0.3) is 0 Å². The van der Waals surface area contributed by atoms with Crippen LogP contribution in [0.2, 0.25) is 0 Å². The zero-order chi connectivity index (χ0) is 36.8. The van der Waals surface area contributed by atoms with E-state index in [0.717, 1.165) is 30.4 Å². The van der Waals surface area contributed by atoms with Gasteiger partial charge in [0.1, 0.15) is 0 Å². The third-order valence-corrected chi connectivity index (χ3v) is 3.59. The summed E-state index contributed by atoms with van der Waals surface area (Å²) in [5, 5.41) is 106. The zero-order valence-corrected chi connectivity index (χ0v) is 23.8. The highest BCUT2D eigenvalue weighted by atomic mass is 17.1. The summed E-state index contributed by atoms with van der Waals surface area (Å²) in [5.74, 6) is -4.91. The van der Waals surface area contributed by atoms with Gasteiger partial charge >= 0.3 is 29.8 Å². The van der Waals surface area contributed by atoms with Crippen LogP contribution in [0.3, 0.4) is 0 Å². The molecule has 0 aliphatic rings. The molecular weight excluding hydrogens is 604 g/mol. The van der Waals surface area contributed by atoms with Crippen LogP contribution < -0.4 is 0 Å². The Kier molecular flexibility index (Phi) is 51.6. The van der Waals surface area contributed by atoms with Gasteiger partial charge < -0.3 is 61.3 Å². The largest absolute Gasteiger partial charge is 0.478 e. The lowest BCUT2D eigenvalue weighted by Crippen LogP contribution is -2.38. The highest BCUT2D eigenvalue weighted by Gasteiger charge is 2.28. The van der Waals surface area contributed by atoms with E-state index < -0.39 is 86.9 Å². The first-order valence-corrected chi connectivity index (χ1v) is 11.1. The maximum absolute atomic E-state index is 9.25. The Labute approximate surface area is 252 Å². The third kappa shape index (κ3) is 53.9. The molecule has 0 aromatic heterocycles. The van der Waals surface area contributed by atoms with Gasteiger partial charge in [-0.15, -0.1) is 0 Å². The van der Waals surface area contributed by atoms with Gasteiger partial charge in [-0.25, -0.2) is 28.9 Å². The van der Waals surface area contributed by atoms with Crippen molar-refractivity contribution in [3.8, 4) is 0 Å². The van der Waals surface area contributed by atoms with Crippen molar-refractivity contribution in [2.45, 2.75) is 0 Å². The van der Waals surface area contributed by atoms with Gasteiger partial charge in [0, 0.05) is 30.4 Å². The van der Waals surface area contributed by atoms with Crippen molar-refractivity contribution in [3.63, 3.8) is 0 Å². The van der Waals surface area contributed by atoms with Crippen LogP contribution in [-0.2, 0) is 28.9 Å². The molecule has 258 valence electrons. The molecule has 0 unspecified atom stereocenters. The Bertz CT molecular complexity index is 669. The van der Waals surface area contributed by atoms with Crippen molar-refractivity contribution < 1.29 is 95.4 Å². The van der Waals surface area contributed by atoms with E-state index in [9.17, 15) is 24.0 Å². The number of carboxylic acids is 5. The van der Waals surface area contributed by atoms with Gasteiger partial charge in [0.05, 0.1) is 63.7 Å². The van der Waals surface area contributed by atoms with Crippen LogP contribution in [0.1, 0.15) is 0 Å². The molecule has 13 N–H and O–H groups in total. The fourth-order valence-corrected chi connectivity index (χ4v) is 0.724. The van der Waals surface area contributed by atoms with Crippen LogP contribution in [-0.4, -0.2) is 149 Å². The molecule has 0 fully saturated rings. The molecule has 0 atom stereocenters. The first kappa shape index (κ1) is 55.6. The Hall–Kier alpha value is -4.31. The molecule has 19 nitrogen and oxygen atoms in total. The molecule has 0 aromatic rings. The zero-order valence-electron chi connectivity index (χ0n) is 23.8. The molecule has 0 amide bonds. The number of aliphatic carboxylic acids is 5. The quantitative estimate of drug-likeness (QED) is 0.0533. The smallest absolute Gasteiger partial charge is 0.327 e. The minimum atomic E-state index is -1.13. The standard InChI is InChI=1S/C5H12O5.C5H12O4.5C3H4O2/c6-1-5(2-7,3-8)4-10-9;6-1-5(2-7,3-8)4-9;5*1-2-3(4)5/h6-9H,1-4H2;6-9H,1-4H2;5*2H,1H2,(H,4,5). The van der Waals surface area contributed by atoms with E-state index in [1.807, 2.05) is 0 Å². The van der Waals surface area contributed by atoms with Gasteiger partial charge in [0.2, 0.25) is 0 Å². The molecule has 44 heavy (non-hydrogen) atoms. The average Bonchev–Trinajstić information content (AvgIpc) is 3.03. The fourth-order valence-electron chi connectivity index (χ4n) is 0.724. The van der Waals surface area contributed by atoms with E-state index in [4.69, 9.17) is 66.5 Å². The fraction of sp³-hybridized carbons (Fsp3) is 0.400. The first-order chi connectivity index (χ1) is 20.3. The number of hydrogen-bond donors (Lipinski definition) is 13. The molecule has 0 heterocycles. The third-order valence-electron chi connectivity index (χ3n) is 3.59. The molecule has 0 aliphatic heterocycles. The van der Waals surface area contributed by atoms with Crippen LogP contribution in [0.4, 0.5) is 0 Å². The number of hydrogen-bond acceptors (Lipinski definition) is 14. The van der Waals surface area contributed by atoms with Crippen molar-refractivity contribution in [1.29, 1.82) is 0 Å². The number of rotatable bonds is 14. The Morgan fingerprint density at radius 2 is 0.568 bits per heavy atom. The number of carbonyl (C=O) groups is 5. The molecule has 0 bridgehead atoms. The van der Waals surface area contributed by atoms with Crippen molar-refractivity contribution in [1.82, 2.24) is 0 Å². The van der Waals surface area contributed by atoms with Crippen LogP contribution in [0.25, 0.3) is 0 Å². The second-order valence-electron chi connectivity index (χ2n) is 7.09. The molecule has 0 aromatic carbocycles. The molecule has 0 saturated carbocycles. The highest BCUT2D eigenvalue weighted by Crippen LogP contribution is 2.14. The van der Waals surface area contributed by atoms with E-state index in [1.165, 1.54) is 0 Å². The van der Waals surface area contributed by atoms with Crippen molar-refractivity contribution >= 4 is 29.8 Å². The number of carboxylic acid groups (broad SMARTS) is 5. The summed E-state index contributed by atoms with van der Waals surface area (Å²) in [4.78, 5) is 50.0. The van der Waals surface area contributed by atoms with E-state index >= 15 is 0 Å². The lowest BCUT2D eigenvalue weighted by molar-refractivity contribution is -0.272. The van der Waals surface area contributed by atoms with Crippen LogP contribution >= 0.6 is 0 Å². The number of aliphatic hydroxyl groups is 7. The van der Waals surface area contributed by atoms with Crippen LogP contribution in [0.5, 0.6) is 0 Å². The van der Waals surface area contributed by atoms with Crippen molar-refractivity contribution in [2.24, 2.45) is 10.8 Å². The summed E-state index contributed by atoms with van der Waals surface area (Å²) in [7, 11) is 0. The van der Waals surface area contributed by atoms with E-state index in [0.29, 0.717) is 0 Å². The molecule has 0 rings (SSSR count). The predicted molar refractivity (Wildman–Crippen MR) is 152 cm³/mol. The summed E-state index contributed by atoms with van der Waals surface area (Å²) in [6, 6.07) is 0. The molecule has 0 spiro atoms. The number of aliphatic hydroxyl groups excluding tert-OH is 7. The normalized spacial score (nSPS) is 8.82. The Morgan fingerprint density at radius 3 is 0.591 bits per heavy atom.